The van der Waals surface area contributed by atoms with E-state index in [9.17, 15) is 0 Å². The Kier molecular flexibility index (Phi) is 3.66. The third-order valence-electron chi connectivity index (χ3n) is 2.78. The molecule has 5 heteroatoms. The quantitative estimate of drug-likeness (QED) is 0.499. The molecule has 0 aliphatic rings. The molecule has 0 radical (unpaired) electrons. The molecular weight excluding hydrogens is 240 g/mol. The van der Waals surface area contributed by atoms with E-state index in [0.29, 0.717) is 0 Å². The number of nitrogens with zero attached hydrogens (tertiary/aromatic N) is 2. The van der Waals surface area contributed by atoms with Crippen LogP contribution in [0.15, 0.2) is 46.6 Å². The lowest BCUT2D eigenvalue weighted by molar-refractivity contribution is 0.415. The summed E-state index contributed by atoms with van der Waals surface area (Å²) in [7, 11) is 1.65. The minimum absolute atomic E-state index is 0.0510. The molecule has 4 N–H and O–H groups in total. The van der Waals surface area contributed by atoms with Gasteiger partial charge in [-0.05, 0) is 41.5 Å². The lowest BCUT2D eigenvalue weighted by Gasteiger charge is -2.05. The van der Waals surface area contributed by atoms with Crippen molar-refractivity contribution in [2.45, 2.75) is 6.92 Å². The van der Waals surface area contributed by atoms with Crippen LogP contribution in [0.2, 0.25) is 0 Å². The van der Waals surface area contributed by atoms with Gasteiger partial charge in [0.1, 0.15) is 5.75 Å². The van der Waals surface area contributed by atoms with E-state index in [1.54, 1.807) is 7.11 Å². The molecule has 0 aliphatic heterocycles. The van der Waals surface area contributed by atoms with Crippen LogP contribution >= 0.6 is 0 Å². The second-order valence-electron chi connectivity index (χ2n) is 4.14. The second kappa shape index (κ2) is 5.39. The minimum atomic E-state index is -0.0510. The van der Waals surface area contributed by atoms with Crippen LogP contribution in [-0.4, -0.2) is 18.8 Å². The summed E-state index contributed by atoms with van der Waals surface area (Å²) in [5.41, 5.74) is 12.2. The predicted molar refractivity (Wildman–Crippen MR) is 78.5 cm³/mol. The van der Waals surface area contributed by atoms with E-state index in [2.05, 4.69) is 10.2 Å². The number of rotatable bonds is 3. The summed E-state index contributed by atoms with van der Waals surface area (Å²) in [5.74, 6) is 0.788. The van der Waals surface area contributed by atoms with Gasteiger partial charge in [0.2, 0.25) is 5.96 Å². The van der Waals surface area contributed by atoms with Gasteiger partial charge in [0.15, 0.2) is 0 Å². The van der Waals surface area contributed by atoms with Crippen LogP contribution in [0.1, 0.15) is 12.5 Å². The Balaban J connectivity index is 2.42. The van der Waals surface area contributed by atoms with Crippen molar-refractivity contribution in [1.29, 1.82) is 0 Å². The summed E-state index contributed by atoms with van der Waals surface area (Å²) < 4.78 is 5.20. The first-order valence-electron chi connectivity index (χ1n) is 5.81. The molecule has 5 nitrogen and oxygen atoms in total. The smallest absolute Gasteiger partial charge is 0.211 e. The number of guanidine groups is 1. The Bertz CT molecular complexity index is 658. The number of methoxy groups -OCH3 is 1. The average molecular weight is 256 g/mol. The predicted octanol–water partition coefficient (Wildman–Crippen LogP) is 1.85. The molecule has 98 valence electrons. The molecule has 0 unspecified atom stereocenters. The standard InChI is InChI=1S/C14H16N4O/c1-9(17-18-14(15)16)10-3-4-12-8-13(19-2)6-5-11(12)7-10/h3-8H,1-2H3,(H4,15,16,18)/b17-9+. The second-order valence-corrected chi connectivity index (χ2v) is 4.14. The fourth-order valence-corrected chi connectivity index (χ4v) is 1.77. The number of ether oxygens (including phenoxy) is 1. The van der Waals surface area contributed by atoms with E-state index in [1.807, 2.05) is 43.3 Å². The zero-order chi connectivity index (χ0) is 13.8. The highest BCUT2D eigenvalue weighted by Gasteiger charge is 2.01. The first-order chi connectivity index (χ1) is 9.10. The van der Waals surface area contributed by atoms with Crippen LogP contribution in [0.25, 0.3) is 10.8 Å². The van der Waals surface area contributed by atoms with E-state index < -0.39 is 0 Å². The van der Waals surface area contributed by atoms with Crippen molar-refractivity contribution in [3.8, 4) is 5.75 Å². The fraction of sp³-hybridized carbons (Fsp3) is 0.143. The molecule has 19 heavy (non-hydrogen) atoms. The highest BCUT2D eigenvalue weighted by molar-refractivity contribution is 6.02. The summed E-state index contributed by atoms with van der Waals surface area (Å²) in [5, 5.41) is 9.83. The molecule has 0 bridgehead atoms. The summed E-state index contributed by atoms with van der Waals surface area (Å²) in [6.07, 6.45) is 0. The molecule has 0 amide bonds. The van der Waals surface area contributed by atoms with Gasteiger partial charge in [-0.25, -0.2) is 0 Å². The normalized spacial score (nSPS) is 11.4. The van der Waals surface area contributed by atoms with Gasteiger partial charge in [-0.15, -0.1) is 5.10 Å². The Morgan fingerprint density at radius 2 is 1.68 bits per heavy atom. The van der Waals surface area contributed by atoms with Gasteiger partial charge in [-0.1, -0.05) is 18.2 Å². The average Bonchev–Trinajstić information content (AvgIpc) is 2.43. The van der Waals surface area contributed by atoms with Crippen LogP contribution < -0.4 is 16.2 Å². The molecule has 0 heterocycles. The first-order valence-corrected chi connectivity index (χ1v) is 5.81. The van der Waals surface area contributed by atoms with Gasteiger partial charge in [-0.2, -0.15) is 5.10 Å². The minimum Gasteiger partial charge on any atom is -0.497 e. The van der Waals surface area contributed by atoms with Crippen LogP contribution in [0.4, 0.5) is 0 Å². The maximum Gasteiger partial charge on any atom is 0.211 e. The van der Waals surface area contributed by atoms with E-state index in [-0.39, 0.29) is 5.96 Å². The molecule has 0 saturated heterocycles. The van der Waals surface area contributed by atoms with Crippen molar-refractivity contribution in [2.75, 3.05) is 7.11 Å². The van der Waals surface area contributed by atoms with Crippen LogP contribution in [0, 0.1) is 0 Å². The van der Waals surface area contributed by atoms with Gasteiger partial charge < -0.3 is 16.2 Å². The number of hydrogen-bond acceptors (Lipinski definition) is 3. The largest absolute Gasteiger partial charge is 0.497 e. The van der Waals surface area contributed by atoms with Crippen LogP contribution in [0.3, 0.4) is 0 Å². The Labute approximate surface area is 111 Å². The molecule has 2 aromatic rings. The molecule has 0 fully saturated rings. The van der Waals surface area contributed by atoms with Crippen LogP contribution in [0.5, 0.6) is 5.75 Å². The van der Waals surface area contributed by atoms with Crippen molar-refractivity contribution in [2.24, 2.45) is 21.7 Å². The van der Waals surface area contributed by atoms with E-state index >= 15 is 0 Å². The van der Waals surface area contributed by atoms with E-state index in [1.165, 1.54) is 0 Å². The monoisotopic (exact) mass is 256 g/mol. The van der Waals surface area contributed by atoms with Gasteiger partial charge in [0, 0.05) is 0 Å². The molecule has 0 aromatic heterocycles. The number of fused-ring (bicyclic) bond motifs is 1. The van der Waals surface area contributed by atoms with Gasteiger partial charge in [-0.3, -0.25) is 0 Å². The lowest BCUT2D eigenvalue weighted by atomic mass is 10.0. The van der Waals surface area contributed by atoms with Crippen LogP contribution in [-0.2, 0) is 0 Å². The third kappa shape index (κ3) is 3.01. The lowest BCUT2D eigenvalue weighted by Crippen LogP contribution is -2.22. The van der Waals surface area contributed by atoms with E-state index in [4.69, 9.17) is 16.2 Å². The highest BCUT2D eigenvalue weighted by Crippen LogP contribution is 2.22. The summed E-state index contributed by atoms with van der Waals surface area (Å²) in [4.78, 5) is 0. The Hall–Kier alpha value is -2.56. The van der Waals surface area contributed by atoms with Crippen molar-refractivity contribution >= 4 is 22.4 Å². The van der Waals surface area contributed by atoms with Crippen molar-refractivity contribution in [3.63, 3.8) is 0 Å². The summed E-state index contributed by atoms with van der Waals surface area (Å²) in [6.45, 7) is 1.86. The molecule has 0 saturated carbocycles. The SMILES string of the molecule is COc1ccc2cc(/C(C)=N/N=C(N)N)ccc2c1. The zero-order valence-electron chi connectivity index (χ0n) is 10.9. The number of benzene rings is 2. The first kappa shape index (κ1) is 12.9. The molecule has 0 spiro atoms. The zero-order valence-corrected chi connectivity index (χ0v) is 10.9. The van der Waals surface area contributed by atoms with E-state index in [0.717, 1.165) is 27.8 Å². The maximum absolute atomic E-state index is 5.25. The molecular formula is C14H16N4O. The van der Waals surface area contributed by atoms with Crippen molar-refractivity contribution in [3.05, 3.63) is 42.0 Å². The van der Waals surface area contributed by atoms with Gasteiger partial charge in [0.05, 0.1) is 12.8 Å². The Morgan fingerprint density at radius 1 is 1.00 bits per heavy atom. The Morgan fingerprint density at radius 3 is 2.37 bits per heavy atom. The highest BCUT2D eigenvalue weighted by atomic mass is 16.5. The van der Waals surface area contributed by atoms with Crippen molar-refractivity contribution < 1.29 is 4.74 Å². The topological polar surface area (TPSA) is 86.0 Å². The van der Waals surface area contributed by atoms with Crippen molar-refractivity contribution in [1.82, 2.24) is 0 Å². The molecule has 0 aliphatic carbocycles. The molecule has 0 atom stereocenters. The van der Waals surface area contributed by atoms with Gasteiger partial charge in [0.25, 0.3) is 0 Å². The molecule has 2 rings (SSSR count). The fourth-order valence-electron chi connectivity index (χ4n) is 1.77. The number of nitrogens with two attached hydrogens (primary N) is 2. The summed E-state index contributed by atoms with van der Waals surface area (Å²) in [6, 6.07) is 11.9. The number of hydrogen-bond donors (Lipinski definition) is 2. The summed E-state index contributed by atoms with van der Waals surface area (Å²) >= 11 is 0. The molecule has 2 aromatic carbocycles. The third-order valence-corrected chi connectivity index (χ3v) is 2.78. The van der Waals surface area contributed by atoms with Gasteiger partial charge >= 0.3 is 0 Å². The maximum atomic E-state index is 5.25.